The van der Waals surface area contributed by atoms with Crippen LogP contribution in [0, 0.1) is 5.92 Å². The van der Waals surface area contributed by atoms with Gasteiger partial charge in [-0.3, -0.25) is 0 Å². The average molecular weight is 295 g/mol. The molecule has 1 aromatic carbocycles. The summed E-state index contributed by atoms with van der Waals surface area (Å²) < 4.78 is 0. The fourth-order valence-corrected chi connectivity index (χ4v) is 3.05. The Kier molecular flexibility index (Phi) is 7.63. The molecule has 3 heteroatoms. The van der Waals surface area contributed by atoms with E-state index in [1.54, 1.807) is 11.8 Å². The van der Waals surface area contributed by atoms with Crippen molar-refractivity contribution in [3.05, 3.63) is 29.8 Å². The number of rotatable bonds is 9. The predicted molar refractivity (Wildman–Crippen MR) is 89.2 cm³/mol. The summed E-state index contributed by atoms with van der Waals surface area (Å²) in [6, 6.07) is 8.66. The van der Waals surface area contributed by atoms with Crippen molar-refractivity contribution in [2.75, 3.05) is 12.3 Å². The molecular weight excluding hydrogens is 266 g/mol. The van der Waals surface area contributed by atoms with Gasteiger partial charge in [-0.05, 0) is 43.0 Å². The molecule has 0 aromatic heterocycles. The van der Waals surface area contributed by atoms with Crippen molar-refractivity contribution in [2.45, 2.75) is 57.6 Å². The quantitative estimate of drug-likeness (QED) is 0.673. The summed E-state index contributed by atoms with van der Waals surface area (Å²) in [5.74, 6) is 1.45. The second-order valence-corrected chi connectivity index (χ2v) is 6.94. The molecule has 2 N–H and O–H groups in total. The van der Waals surface area contributed by atoms with Crippen LogP contribution in [-0.4, -0.2) is 23.0 Å². The van der Waals surface area contributed by atoms with E-state index in [2.05, 4.69) is 43.4 Å². The van der Waals surface area contributed by atoms with E-state index in [0.29, 0.717) is 5.92 Å². The van der Waals surface area contributed by atoms with Crippen molar-refractivity contribution < 1.29 is 5.11 Å². The van der Waals surface area contributed by atoms with Crippen LogP contribution in [0.5, 0.6) is 0 Å². The maximum atomic E-state index is 10.3. The van der Waals surface area contributed by atoms with E-state index in [-0.39, 0.29) is 0 Å². The molecule has 0 spiro atoms. The van der Waals surface area contributed by atoms with Crippen molar-refractivity contribution in [2.24, 2.45) is 5.92 Å². The molecule has 0 saturated heterocycles. The summed E-state index contributed by atoms with van der Waals surface area (Å²) in [7, 11) is 0. The van der Waals surface area contributed by atoms with E-state index in [0.717, 1.165) is 31.7 Å². The summed E-state index contributed by atoms with van der Waals surface area (Å²) in [5, 5.41) is 13.7. The fourth-order valence-electron chi connectivity index (χ4n) is 1.88. The van der Waals surface area contributed by atoms with Gasteiger partial charge in [0.2, 0.25) is 0 Å². The molecule has 0 aliphatic carbocycles. The van der Waals surface area contributed by atoms with Crippen molar-refractivity contribution in [3.8, 4) is 0 Å². The van der Waals surface area contributed by atoms with E-state index in [4.69, 9.17) is 0 Å². The second-order valence-electron chi connectivity index (χ2n) is 5.89. The Morgan fingerprint density at radius 3 is 2.25 bits per heavy atom. The summed E-state index contributed by atoms with van der Waals surface area (Å²) >= 11 is 1.74. The topological polar surface area (TPSA) is 32.3 Å². The van der Waals surface area contributed by atoms with Gasteiger partial charge in [0.05, 0.1) is 5.60 Å². The van der Waals surface area contributed by atoms with Gasteiger partial charge in [-0.25, -0.2) is 0 Å². The van der Waals surface area contributed by atoms with Crippen LogP contribution in [0.1, 0.15) is 46.1 Å². The zero-order valence-electron chi connectivity index (χ0n) is 13.3. The maximum absolute atomic E-state index is 10.3. The van der Waals surface area contributed by atoms with E-state index in [1.807, 2.05) is 13.8 Å². The van der Waals surface area contributed by atoms with Gasteiger partial charge in [0.15, 0.2) is 0 Å². The maximum Gasteiger partial charge on any atom is 0.0736 e. The van der Waals surface area contributed by atoms with E-state index < -0.39 is 5.60 Å². The van der Waals surface area contributed by atoms with Gasteiger partial charge >= 0.3 is 0 Å². The minimum absolute atomic E-state index is 0.526. The number of hydrogen-bond donors (Lipinski definition) is 2. The SMILES string of the molecule is CCC(O)(CC)CSc1ccc(CNCC(C)C)cc1. The molecule has 0 amide bonds. The first-order chi connectivity index (χ1) is 9.49. The van der Waals surface area contributed by atoms with Gasteiger partial charge in [0.1, 0.15) is 0 Å². The Morgan fingerprint density at radius 1 is 1.15 bits per heavy atom. The summed E-state index contributed by atoms with van der Waals surface area (Å²) in [4.78, 5) is 1.23. The van der Waals surface area contributed by atoms with Crippen LogP contribution in [-0.2, 0) is 6.54 Å². The van der Waals surface area contributed by atoms with Crippen molar-refractivity contribution in [1.82, 2.24) is 5.32 Å². The summed E-state index contributed by atoms with van der Waals surface area (Å²) in [6.45, 7) is 10.5. The first-order valence-corrected chi connectivity index (χ1v) is 8.62. The highest BCUT2D eigenvalue weighted by Gasteiger charge is 2.21. The molecule has 1 rings (SSSR count). The molecule has 114 valence electrons. The predicted octanol–water partition coefficient (Wildman–Crippen LogP) is 4.08. The van der Waals surface area contributed by atoms with Gasteiger partial charge in [0.25, 0.3) is 0 Å². The molecule has 0 aliphatic rings. The van der Waals surface area contributed by atoms with Crippen LogP contribution < -0.4 is 5.32 Å². The lowest BCUT2D eigenvalue weighted by Gasteiger charge is -2.24. The second kappa shape index (κ2) is 8.71. The van der Waals surface area contributed by atoms with Crippen LogP contribution in [0.25, 0.3) is 0 Å². The smallest absolute Gasteiger partial charge is 0.0736 e. The highest BCUT2D eigenvalue weighted by atomic mass is 32.2. The van der Waals surface area contributed by atoms with Gasteiger partial charge in [-0.15, -0.1) is 11.8 Å². The van der Waals surface area contributed by atoms with Crippen molar-refractivity contribution in [3.63, 3.8) is 0 Å². The molecule has 0 radical (unpaired) electrons. The molecule has 0 bridgehead atoms. The van der Waals surface area contributed by atoms with E-state index in [1.165, 1.54) is 10.5 Å². The fraction of sp³-hybridized carbons (Fsp3) is 0.647. The molecule has 1 aromatic rings. The molecule has 0 unspecified atom stereocenters. The Morgan fingerprint density at radius 2 is 1.75 bits per heavy atom. The van der Waals surface area contributed by atoms with Crippen molar-refractivity contribution >= 4 is 11.8 Å². The Balaban J connectivity index is 2.42. The first kappa shape index (κ1) is 17.5. The molecule has 0 atom stereocenters. The zero-order valence-corrected chi connectivity index (χ0v) is 14.1. The minimum Gasteiger partial charge on any atom is -0.389 e. The van der Waals surface area contributed by atoms with Crippen LogP contribution >= 0.6 is 11.8 Å². The highest BCUT2D eigenvalue weighted by molar-refractivity contribution is 7.99. The van der Waals surface area contributed by atoms with E-state index >= 15 is 0 Å². The number of hydrogen-bond acceptors (Lipinski definition) is 3. The Labute approximate surface area is 128 Å². The van der Waals surface area contributed by atoms with E-state index in [9.17, 15) is 5.11 Å². The largest absolute Gasteiger partial charge is 0.389 e. The molecule has 0 fully saturated rings. The van der Waals surface area contributed by atoms with Gasteiger partial charge in [0, 0.05) is 17.2 Å². The minimum atomic E-state index is -0.526. The third-order valence-electron chi connectivity index (χ3n) is 3.63. The average Bonchev–Trinajstić information content (AvgIpc) is 2.46. The molecule has 0 saturated carbocycles. The van der Waals surface area contributed by atoms with Crippen LogP contribution in [0.3, 0.4) is 0 Å². The monoisotopic (exact) mass is 295 g/mol. The lowest BCUT2D eigenvalue weighted by molar-refractivity contribution is 0.0572. The van der Waals surface area contributed by atoms with Crippen molar-refractivity contribution in [1.29, 1.82) is 0 Å². The normalized spacial score (nSPS) is 12.1. The summed E-state index contributed by atoms with van der Waals surface area (Å²) in [6.07, 6.45) is 1.63. The molecular formula is C17H29NOS. The lowest BCUT2D eigenvalue weighted by atomic mass is 10.0. The number of nitrogens with one attached hydrogen (secondary N) is 1. The number of benzene rings is 1. The first-order valence-electron chi connectivity index (χ1n) is 7.64. The van der Waals surface area contributed by atoms with Gasteiger partial charge in [-0.1, -0.05) is 39.8 Å². The van der Waals surface area contributed by atoms with Gasteiger partial charge in [-0.2, -0.15) is 0 Å². The molecule has 0 aliphatic heterocycles. The number of aliphatic hydroxyl groups is 1. The summed E-state index contributed by atoms with van der Waals surface area (Å²) in [5.41, 5.74) is 0.790. The zero-order chi connectivity index (χ0) is 15.0. The van der Waals surface area contributed by atoms with Crippen LogP contribution in [0.2, 0.25) is 0 Å². The Hall–Kier alpha value is -0.510. The molecule has 20 heavy (non-hydrogen) atoms. The van der Waals surface area contributed by atoms with Crippen LogP contribution in [0.4, 0.5) is 0 Å². The van der Waals surface area contributed by atoms with Crippen LogP contribution in [0.15, 0.2) is 29.2 Å². The third kappa shape index (κ3) is 6.29. The van der Waals surface area contributed by atoms with Gasteiger partial charge < -0.3 is 10.4 Å². The molecule has 2 nitrogen and oxygen atoms in total. The third-order valence-corrected chi connectivity index (χ3v) is 4.92. The molecule has 0 heterocycles. The Bertz CT molecular complexity index is 371. The number of thioether (sulfide) groups is 1. The standard InChI is InChI=1S/C17H29NOS/c1-5-17(19,6-2)13-20-16-9-7-15(8-10-16)12-18-11-14(3)4/h7-10,14,18-19H,5-6,11-13H2,1-4H3. The highest BCUT2D eigenvalue weighted by Crippen LogP contribution is 2.26. The lowest BCUT2D eigenvalue weighted by Crippen LogP contribution is -2.29.